The van der Waals surface area contributed by atoms with Gasteiger partial charge >= 0.3 is 5.97 Å². The second-order valence-corrected chi connectivity index (χ2v) is 4.62. The number of benzene rings is 1. The van der Waals surface area contributed by atoms with Crippen LogP contribution in [0.25, 0.3) is 11.3 Å². The smallest absolute Gasteiger partial charge is 0.335 e. The Hall–Kier alpha value is -3.22. The summed E-state index contributed by atoms with van der Waals surface area (Å²) in [4.78, 5) is 11.1. The minimum atomic E-state index is -0.970. The van der Waals surface area contributed by atoms with Crippen LogP contribution in [-0.2, 0) is 0 Å². The Kier molecular flexibility index (Phi) is 3.53. The van der Waals surface area contributed by atoms with E-state index in [0.717, 1.165) is 11.1 Å². The standard InChI is InChI=1S/C15H12N4O3/c1-10-2-3-11(15(20)21)6-13(10)14-5-4-12(22-14)7-18-19-8-16-17-9-19/h2-9H,1H3,(H,20,21)/b18-7+. The van der Waals surface area contributed by atoms with Gasteiger partial charge < -0.3 is 9.52 Å². The summed E-state index contributed by atoms with van der Waals surface area (Å²) in [5.74, 6) is 0.164. The number of nitrogens with zero attached hydrogens (tertiary/aromatic N) is 4. The van der Waals surface area contributed by atoms with E-state index < -0.39 is 5.97 Å². The molecule has 0 unspecified atom stereocenters. The predicted octanol–water partition coefficient (Wildman–Crippen LogP) is 2.43. The van der Waals surface area contributed by atoms with Gasteiger partial charge in [0, 0.05) is 5.56 Å². The number of aromatic carboxylic acids is 1. The highest BCUT2D eigenvalue weighted by atomic mass is 16.4. The highest BCUT2D eigenvalue weighted by Gasteiger charge is 2.11. The third-order valence-corrected chi connectivity index (χ3v) is 3.10. The summed E-state index contributed by atoms with van der Waals surface area (Å²) in [6, 6.07) is 8.46. The third kappa shape index (κ3) is 2.78. The molecule has 0 saturated carbocycles. The van der Waals surface area contributed by atoms with Gasteiger partial charge in [0.15, 0.2) is 0 Å². The number of carboxylic acids is 1. The summed E-state index contributed by atoms with van der Waals surface area (Å²) in [7, 11) is 0. The Morgan fingerprint density at radius 1 is 1.27 bits per heavy atom. The zero-order valence-corrected chi connectivity index (χ0v) is 11.7. The number of furan rings is 1. The van der Waals surface area contributed by atoms with Crippen LogP contribution in [0.15, 0.2) is 52.5 Å². The molecular formula is C15H12N4O3. The Balaban J connectivity index is 1.90. The molecular weight excluding hydrogens is 284 g/mol. The molecule has 0 fully saturated rings. The molecule has 0 amide bonds. The molecule has 0 spiro atoms. The zero-order chi connectivity index (χ0) is 15.5. The fourth-order valence-corrected chi connectivity index (χ4v) is 1.97. The molecule has 2 aromatic heterocycles. The maximum atomic E-state index is 11.1. The SMILES string of the molecule is Cc1ccc(C(=O)O)cc1-c1ccc(/C=N/n2cnnc2)o1. The molecule has 2 heterocycles. The van der Waals surface area contributed by atoms with Crippen LogP contribution >= 0.6 is 0 Å². The van der Waals surface area contributed by atoms with Gasteiger partial charge in [-0.3, -0.25) is 0 Å². The fourth-order valence-electron chi connectivity index (χ4n) is 1.97. The van der Waals surface area contributed by atoms with Crippen molar-refractivity contribution in [2.75, 3.05) is 0 Å². The molecule has 0 aliphatic heterocycles. The van der Waals surface area contributed by atoms with Crippen molar-refractivity contribution in [2.45, 2.75) is 6.92 Å². The van der Waals surface area contributed by atoms with Crippen molar-refractivity contribution in [1.29, 1.82) is 0 Å². The van der Waals surface area contributed by atoms with E-state index in [0.29, 0.717) is 11.5 Å². The van der Waals surface area contributed by atoms with Crippen molar-refractivity contribution in [3.05, 3.63) is 59.9 Å². The number of rotatable bonds is 4. The quantitative estimate of drug-likeness (QED) is 0.746. The van der Waals surface area contributed by atoms with E-state index in [2.05, 4.69) is 15.3 Å². The van der Waals surface area contributed by atoms with Crippen molar-refractivity contribution < 1.29 is 14.3 Å². The van der Waals surface area contributed by atoms with Crippen LogP contribution in [0, 0.1) is 6.92 Å². The fraction of sp³-hybridized carbons (Fsp3) is 0.0667. The van der Waals surface area contributed by atoms with Gasteiger partial charge in [0.25, 0.3) is 0 Å². The van der Waals surface area contributed by atoms with Gasteiger partial charge in [-0.05, 0) is 36.8 Å². The first kappa shape index (κ1) is 13.7. The van der Waals surface area contributed by atoms with Crippen molar-refractivity contribution in [2.24, 2.45) is 5.10 Å². The molecule has 0 aliphatic rings. The van der Waals surface area contributed by atoms with Crippen LogP contribution < -0.4 is 0 Å². The van der Waals surface area contributed by atoms with Crippen LogP contribution in [0.5, 0.6) is 0 Å². The van der Waals surface area contributed by atoms with Crippen LogP contribution in [0.2, 0.25) is 0 Å². The lowest BCUT2D eigenvalue weighted by Gasteiger charge is -2.04. The van der Waals surface area contributed by atoms with Gasteiger partial charge in [-0.15, -0.1) is 10.2 Å². The van der Waals surface area contributed by atoms with E-state index in [1.807, 2.05) is 6.92 Å². The van der Waals surface area contributed by atoms with Gasteiger partial charge in [-0.25, -0.2) is 9.47 Å². The summed E-state index contributed by atoms with van der Waals surface area (Å²) < 4.78 is 7.13. The molecule has 0 aliphatic carbocycles. The van der Waals surface area contributed by atoms with E-state index in [1.54, 1.807) is 30.3 Å². The average Bonchev–Trinajstić information content (AvgIpc) is 3.17. The van der Waals surface area contributed by atoms with Crippen molar-refractivity contribution >= 4 is 12.2 Å². The molecule has 1 N–H and O–H groups in total. The number of carboxylic acid groups (broad SMARTS) is 1. The number of hydrogen-bond donors (Lipinski definition) is 1. The molecule has 3 rings (SSSR count). The van der Waals surface area contributed by atoms with Gasteiger partial charge in [0.1, 0.15) is 24.2 Å². The van der Waals surface area contributed by atoms with Gasteiger partial charge in [0.05, 0.1) is 11.8 Å². The predicted molar refractivity (Wildman–Crippen MR) is 78.9 cm³/mol. The van der Waals surface area contributed by atoms with Crippen LogP contribution in [0.3, 0.4) is 0 Å². The molecule has 7 heteroatoms. The first-order valence-corrected chi connectivity index (χ1v) is 6.46. The largest absolute Gasteiger partial charge is 0.478 e. The topological polar surface area (TPSA) is 93.5 Å². The van der Waals surface area contributed by atoms with Gasteiger partial charge in [0.2, 0.25) is 0 Å². The molecule has 0 radical (unpaired) electrons. The van der Waals surface area contributed by atoms with Crippen LogP contribution in [0.1, 0.15) is 21.7 Å². The van der Waals surface area contributed by atoms with E-state index in [4.69, 9.17) is 9.52 Å². The van der Waals surface area contributed by atoms with Crippen molar-refractivity contribution in [3.63, 3.8) is 0 Å². The maximum absolute atomic E-state index is 11.1. The lowest BCUT2D eigenvalue weighted by atomic mass is 10.0. The highest BCUT2D eigenvalue weighted by molar-refractivity contribution is 5.89. The lowest BCUT2D eigenvalue weighted by Crippen LogP contribution is -1.96. The zero-order valence-electron chi connectivity index (χ0n) is 11.7. The number of hydrogen-bond acceptors (Lipinski definition) is 5. The molecule has 7 nitrogen and oxygen atoms in total. The second-order valence-electron chi connectivity index (χ2n) is 4.62. The lowest BCUT2D eigenvalue weighted by molar-refractivity contribution is 0.0697. The molecule has 110 valence electrons. The highest BCUT2D eigenvalue weighted by Crippen LogP contribution is 2.26. The molecule has 22 heavy (non-hydrogen) atoms. The molecule has 0 bridgehead atoms. The first-order chi connectivity index (χ1) is 10.6. The van der Waals surface area contributed by atoms with Gasteiger partial charge in [-0.1, -0.05) is 6.07 Å². The first-order valence-electron chi connectivity index (χ1n) is 6.46. The Bertz CT molecular complexity index is 834. The minimum Gasteiger partial charge on any atom is -0.478 e. The van der Waals surface area contributed by atoms with E-state index in [-0.39, 0.29) is 5.56 Å². The summed E-state index contributed by atoms with van der Waals surface area (Å²) in [6.45, 7) is 1.90. The number of carbonyl (C=O) groups is 1. The van der Waals surface area contributed by atoms with Crippen molar-refractivity contribution in [1.82, 2.24) is 14.9 Å². The third-order valence-electron chi connectivity index (χ3n) is 3.10. The average molecular weight is 296 g/mol. The monoisotopic (exact) mass is 296 g/mol. The number of aryl methyl sites for hydroxylation is 1. The minimum absolute atomic E-state index is 0.219. The van der Waals surface area contributed by atoms with E-state index in [1.165, 1.54) is 23.5 Å². The van der Waals surface area contributed by atoms with E-state index >= 15 is 0 Å². The summed E-state index contributed by atoms with van der Waals surface area (Å²) in [5, 5.41) is 20.4. The molecule has 0 atom stereocenters. The van der Waals surface area contributed by atoms with Gasteiger partial charge in [-0.2, -0.15) is 5.10 Å². The Morgan fingerprint density at radius 2 is 2.05 bits per heavy atom. The van der Waals surface area contributed by atoms with Crippen LogP contribution in [0.4, 0.5) is 0 Å². The Labute approximate surface area is 125 Å². The Morgan fingerprint density at radius 3 is 2.77 bits per heavy atom. The molecule has 1 aromatic carbocycles. The molecule has 3 aromatic rings. The van der Waals surface area contributed by atoms with E-state index in [9.17, 15) is 4.79 Å². The normalized spacial score (nSPS) is 11.1. The summed E-state index contributed by atoms with van der Waals surface area (Å²) >= 11 is 0. The van der Waals surface area contributed by atoms with Crippen molar-refractivity contribution in [3.8, 4) is 11.3 Å². The maximum Gasteiger partial charge on any atom is 0.335 e. The summed E-state index contributed by atoms with van der Waals surface area (Å²) in [5.41, 5.74) is 1.89. The van der Waals surface area contributed by atoms with Crippen LogP contribution in [-0.4, -0.2) is 32.2 Å². The summed E-state index contributed by atoms with van der Waals surface area (Å²) in [6.07, 6.45) is 4.45. The number of aromatic nitrogens is 3. The molecule has 0 saturated heterocycles. The second kappa shape index (κ2) is 5.65.